The third kappa shape index (κ3) is 3.95. The first-order valence-electron chi connectivity index (χ1n) is 12.1. The molecular formula is C26H27F2N7O. The Hall–Kier alpha value is -3.66. The quantitative estimate of drug-likeness (QED) is 0.446. The number of hydrogen-bond donors (Lipinski definition) is 1. The van der Waals surface area contributed by atoms with E-state index in [0.717, 1.165) is 31.4 Å². The molecule has 0 amide bonds. The van der Waals surface area contributed by atoms with E-state index in [-0.39, 0.29) is 29.1 Å². The van der Waals surface area contributed by atoms with Crippen LogP contribution in [0.4, 0.5) is 20.4 Å². The lowest BCUT2D eigenvalue weighted by Crippen LogP contribution is -2.27. The summed E-state index contributed by atoms with van der Waals surface area (Å²) in [7, 11) is 1.98. The number of hydrogen-bond acceptors (Lipinski definition) is 6. The van der Waals surface area contributed by atoms with Gasteiger partial charge in [0.25, 0.3) is 5.56 Å². The molecule has 0 bridgehead atoms. The van der Waals surface area contributed by atoms with Crippen molar-refractivity contribution in [1.29, 1.82) is 0 Å². The molecule has 1 aromatic carbocycles. The van der Waals surface area contributed by atoms with Crippen LogP contribution in [-0.4, -0.2) is 42.8 Å². The number of alkyl halides is 1. The molecule has 0 atom stereocenters. The molecule has 6 rings (SSSR count). The van der Waals surface area contributed by atoms with E-state index < -0.39 is 5.67 Å². The number of fused-ring (bicyclic) bond motifs is 2. The lowest BCUT2D eigenvalue weighted by Gasteiger charge is -2.25. The SMILES string of the molecule is CN1CCc2cc(Nc3ncc4c(=O)n(C5CC5)n(-c5cccc(C(C)(C)F)n5)c4n3)cc(F)c2C1. The van der Waals surface area contributed by atoms with Crippen molar-refractivity contribution >= 4 is 22.7 Å². The van der Waals surface area contributed by atoms with Gasteiger partial charge in [-0.25, -0.2) is 28.1 Å². The summed E-state index contributed by atoms with van der Waals surface area (Å²) >= 11 is 0. The zero-order chi connectivity index (χ0) is 25.2. The molecule has 0 radical (unpaired) electrons. The average Bonchev–Trinajstić information content (AvgIpc) is 3.63. The van der Waals surface area contributed by atoms with Gasteiger partial charge in [0.1, 0.15) is 16.9 Å². The van der Waals surface area contributed by atoms with E-state index in [1.165, 1.54) is 26.1 Å². The monoisotopic (exact) mass is 491 g/mol. The van der Waals surface area contributed by atoms with E-state index in [1.807, 2.05) is 13.1 Å². The van der Waals surface area contributed by atoms with Crippen molar-refractivity contribution in [3.63, 3.8) is 0 Å². The fourth-order valence-electron chi connectivity index (χ4n) is 4.76. The number of nitrogens with zero attached hydrogens (tertiary/aromatic N) is 6. The molecule has 1 aliphatic heterocycles. The molecule has 1 aliphatic carbocycles. The van der Waals surface area contributed by atoms with Crippen LogP contribution in [0.15, 0.2) is 41.3 Å². The summed E-state index contributed by atoms with van der Waals surface area (Å²) in [4.78, 5) is 28.9. The molecule has 36 heavy (non-hydrogen) atoms. The first kappa shape index (κ1) is 22.8. The van der Waals surface area contributed by atoms with Crippen molar-refractivity contribution in [3.8, 4) is 5.82 Å². The van der Waals surface area contributed by atoms with E-state index in [1.54, 1.807) is 27.6 Å². The molecule has 10 heteroatoms. The summed E-state index contributed by atoms with van der Waals surface area (Å²) in [5, 5.41) is 3.45. The summed E-state index contributed by atoms with van der Waals surface area (Å²) in [5.74, 6) is 0.374. The van der Waals surface area contributed by atoms with Crippen LogP contribution in [0.5, 0.6) is 0 Å². The zero-order valence-corrected chi connectivity index (χ0v) is 20.4. The number of nitrogens with one attached hydrogen (secondary N) is 1. The van der Waals surface area contributed by atoms with Crippen LogP contribution >= 0.6 is 0 Å². The maximum Gasteiger partial charge on any atom is 0.278 e. The van der Waals surface area contributed by atoms with Crippen LogP contribution in [0.2, 0.25) is 0 Å². The second-order valence-electron chi connectivity index (χ2n) is 10.2. The summed E-state index contributed by atoms with van der Waals surface area (Å²) in [5.41, 5.74) is 0.993. The van der Waals surface area contributed by atoms with Crippen molar-refractivity contribution in [1.82, 2.24) is 29.2 Å². The van der Waals surface area contributed by atoms with E-state index in [2.05, 4.69) is 25.2 Å². The Morgan fingerprint density at radius 2 is 1.97 bits per heavy atom. The topological polar surface area (TPSA) is 80.9 Å². The van der Waals surface area contributed by atoms with Gasteiger partial charge in [0.15, 0.2) is 11.5 Å². The summed E-state index contributed by atoms with van der Waals surface area (Å²) in [6.45, 7) is 4.33. The molecule has 1 N–H and O–H groups in total. The third-order valence-corrected chi connectivity index (χ3v) is 6.81. The fourth-order valence-corrected chi connectivity index (χ4v) is 4.76. The molecule has 0 spiro atoms. The molecule has 0 saturated heterocycles. The van der Waals surface area contributed by atoms with Gasteiger partial charge in [0.2, 0.25) is 5.95 Å². The van der Waals surface area contributed by atoms with E-state index in [4.69, 9.17) is 0 Å². The van der Waals surface area contributed by atoms with Gasteiger partial charge in [-0.1, -0.05) is 6.07 Å². The maximum atomic E-state index is 14.8. The highest BCUT2D eigenvalue weighted by Gasteiger charge is 2.32. The molecule has 1 saturated carbocycles. The van der Waals surface area contributed by atoms with E-state index in [0.29, 0.717) is 34.6 Å². The molecule has 4 heterocycles. The Morgan fingerprint density at radius 3 is 2.72 bits per heavy atom. The highest BCUT2D eigenvalue weighted by Crippen LogP contribution is 2.36. The largest absolute Gasteiger partial charge is 0.324 e. The normalized spacial score (nSPS) is 16.4. The molecule has 3 aromatic heterocycles. The van der Waals surface area contributed by atoms with Gasteiger partial charge in [0, 0.05) is 30.5 Å². The van der Waals surface area contributed by atoms with Crippen molar-refractivity contribution in [2.45, 2.75) is 51.4 Å². The highest BCUT2D eigenvalue weighted by atomic mass is 19.1. The number of likely N-dealkylation sites (N-methyl/N-ethyl adjacent to an activating group) is 1. The predicted molar refractivity (Wildman–Crippen MR) is 133 cm³/mol. The van der Waals surface area contributed by atoms with Gasteiger partial charge < -0.3 is 10.2 Å². The zero-order valence-electron chi connectivity index (χ0n) is 20.4. The molecular weight excluding hydrogens is 464 g/mol. The number of halogens is 2. The third-order valence-electron chi connectivity index (χ3n) is 6.81. The van der Waals surface area contributed by atoms with Gasteiger partial charge in [-0.3, -0.25) is 4.79 Å². The van der Waals surface area contributed by atoms with Crippen LogP contribution in [0.25, 0.3) is 16.9 Å². The van der Waals surface area contributed by atoms with Crippen LogP contribution in [-0.2, 0) is 18.6 Å². The highest BCUT2D eigenvalue weighted by molar-refractivity contribution is 5.77. The summed E-state index contributed by atoms with van der Waals surface area (Å²) < 4.78 is 32.8. The lowest BCUT2D eigenvalue weighted by atomic mass is 9.99. The van der Waals surface area contributed by atoms with Crippen molar-refractivity contribution in [2.24, 2.45) is 0 Å². The first-order chi connectivity index (χ1) is 17.2. The minimum absolute atomic E-state index is 0.0276. The van der Waals surface area contributed by atoms with Gasteiger partial charge in [0.05, 0.1) is 11.7 Å². The first-order valence-corrected chi connectivity index (χ1v) is 12.1. The van der Waals surface area contributed by atoms with Crippen molar-refractivity contribution in [2.75, 3.05) is 18.9 Å². The van der Waals surface area contributed by atoms with Crippen LogP contribution in [0.3, 0.4) is 0 Å². The van der Waals surface area contributed by atoms with Crippen LogP contribution in [0.1, 0.15) is 49.6 Å². The number of rotatable bonds is 5. The van der Waals surface area contributed by atoms with E-state index >= 15 is 0 Å². The lowest BCUT2D eigenvalue weighted by molar-refractivity contribution is 0.214. The fraction of sp³-hybridized carbons (Fsp3) is 0.385. The number of anilines is 2. The van der Waals surface area contributed by atoms with Gasteiger partial charge in [-0.05, 0) is 70.0 Å². The van der Waals surface area contributed by atoms with Crippen LogP contribution < -0.4 is 10.9 Å². The number of pyridine rings is 1. The minimum Gasteiger partial charge on any atom is -0.324 e. The Balaban J connectivity index is 1.45. The molecule has 1 fully saturated rings. The molecule has 186 valence electrons. The smallest absolute Gasteiger partial charge is 0.278 e. The second-order valence-corrected chi connectivity index (χ2v) is 10.2. The molecule has 8 nitrogen and oxygen atoms in total. The molecule has 2 aliphatic rings. The second kappa shape index (κ2) is 8.19. The number of benzene rings is 1. The molecule has 4 aromatic rings. The predicted octanol–water partition coefficient (Wildman–Crippen LogP) is 4.39. The standard InChI is InChI=1S/C26H27F2N7O/c1-26(2,28)21-5-4-6-22(31-21)35-23-18(24(36)34(35)17-7-8-17)13-29-25(32-23)30-16-11-15-9-10-33(3)14-19(15)20(27)12-16/h4-6,11-13,17H,7-10,14H2,1-3H3,(H,29,30,32). The summed E-state index contributed by atoms with van der Waals surface area (Å²) in [6.07, 6.45) is 3.98. The van der Waals surface area contributed by atoms with E-state index in [9.17, 15) is 13.6 Å². The van der Waals surface area contributed by atoms with Crippen molar-refractivity contribution < 1.29 is 8.78 Å². The van der Waals surface area contributed by atoms with Gasteiger partial charge in [-0.2, -0.15) is 4.98 Å². The maximum absolute atomic E-state index is 14.8. The Labute approximate surface area is 206 Å². The Morgan fingerprint density at radius 1 is 1.17 bits per heavy atom. The minimum atomic E-state index is -1.64. The Kier molecular flexibility index (Phi) is 5.18. The van der Waals surface area contributed by atoms with Gasteiger partial charge >= 0.3 is 0 Å². The number of aromatic nitrogens is 5. The molecule has 0 unspecified atom stereocenters. The summed E-state index contributed by atoms with van der Waals surface area (Å²) in [6, 6.07) is 8.48. The average molecular weight is 492 g/mol. The Bertz CT molecular complexity index is 1550. The van der Waals surface area contributed by atoms with Crippen molar-refractivity contribution in [3.05, 3.63) is 69.5 Å². The van der Waals surface area contributed by atoms with Gasteiger partial charge in [-0.15, -0.1) is 0 Å². The van der Waals surface area contributed by atoms with Crippen LogP contribution in [0, 0.1) is 5.82 Å².